The molecule has 0 saturated heterocycles. The van der Waals surface area contributed by atoms with Gasteiger partial charge in [-0.05, 0) is 29.1 Å². The molecule has 2 N–H and O–H groups in total. The second kappa shape index (κ2) is 6.90. The molecule has 5 nitrogen and oxygen atoms in total. The summed E-state index contributed by atoms with van der Waals surface area (Å²) in [4.78, 5) is 0.611. The predicted octanol–water partition coefficient (Wildman–Crippen LogP) is 2.70. The minimum atomic E-state index is -3.60. The molecule has 126 valence electrons. The number of aliphatic hydroxyl groups is 1. The highest BCUT2D eigenvalue weighted by molar-refractivity contribution is 7.88. The first-order valence-corrected chi connectivity index (χ1v) is 9.84. The summed E-state index contributed by atoms with van der Waals surface area (Å²) in [7, 11) is -3.60. The Bertz CT molecular complexity index is 822. The Labute approximate surface area is 144 Å². The molecular formula is C17H17NO4S2. The van der Waals surface area contributed by atoms with E-state index in [2.05, 4.69) is 4.72 Å². The normalized spacial score (nSPS) is 14.4. The molecule has 0 amide bonds. The third-order valence-corrected chi connectivity index (χ3v) is 5.92. The van der Waals surface area contributed by atoms with Crippen LogP contribution in [0.15, 0.2) is 70.7 Å². The minimum Gasteiger partial charge on any atom is -0.466 e. The van der Waals surface area contributed by atoms with Gasteiger partial charge in [-0.25, -0.2) is 13.1 Å². The topological polar surface area (TPSA) is 79.5 Å². The number of sulfonamides is 1. The van der Waals surface area contributed by atoms with E-state index in [0.29, 0.717) is 16.2 Å². The van der Waals surface area contributed by atoms with Gasteiger partial charge in [0.1, 0.15) is 5.76 Å². The van der Waals surface area contributed by atoms with Gasteiger partial charge in [-0.2, -0.15) is 0 Å². The van der Waals surface area contributed by atoms with Crippen molar-refractivity contribution in [1.29, 1.82) is 0 Å². The molecule has 24 heavy (non-hydrogen) atoms. The summed E-state index contributed by atoms with van der Waals surface area (Å²) in [6.07, 6.45) is 1.45. The average molecular weight is 363 g/mol. The van der Waals surface area contributed by atoms with E-state index in [1.807, 2.05) is 11.4 Å². The van der Waals surface area contributed by atoms with E-state index in [1.165, 1.54) is 17.6 Å². The molecule has 0 aliphatic heterocycles. The van der Waals surface area contributed by atoms with Crippen LogP contribution in [0, 0.1) is 0 Å². The van der Waals surface area contributed by atoms with Crippen molar-refractivity contribution in [2.75, 3.05) is 6.54 Å². The summed E-state index contributed by atoms with van der Waals surface area (Å²) in [6, 6.07) is 15.7. The van der Waals surface area contributed by atoms with Gasteiger partial charge in [0.05, 0.1) is 18.6 Å². The van der Waals surface area contributed by atoms with Crippen molar-refractivity contribution < 1.29 is 17.9 Å². The average Bonchev–Trinajstić information content (AvgIpc) is 3.27. The maximum atomic E-state index is 12.3. The third-order valence-electron chi connectivity index (χ3n) is 3.61. The Kier molecular flexibility index (Phi) is 4.86. The van der Waals surface area contributed by atoms with Gasteiger partial charge >= 0.3 is 0 Å². The van der Waals surface area contributed by atoms with Crippen LogP contribution in [0.2, 0.25) is 0 Å². The van der Waals surface area contributed by atoms with Crippen LogP contribution in [-0.2, 0) is 21.4 Å². The fraction of sp³-hybridized carbons (Fsp3) is 0.176. The second-order valence-corrected chi connectivity index (χ2v) is 8.14. The fourth-order valence-corrected chi connectivity index (χ4v) is 4.37. The molecule has 2 aromatic heterocycles. The molecule has 1 atom stereocenters. The Morgan fingerprint density at radius 1 is 1.08 bits per heavy atom. The van der Waals surface area contributed by atoms with E-state index in [0.717, 1.165) is 0 Å². The first-order valence-electron chi connectivity index (χ1n) is 7.31. The summed E-state index contributed by atoms with van der Waals surface area (Å²) >= 11 is 1.34. The van der Waals surface area contributed by atoms with Crippen molar-refractivity contribution in [2.45, 2.75) is 11.4 Å². The number of thiophene rings is 1. The highest BCUT2D eigenvalue weighted by Crippen LogP contribution is 2.32. The van der Waals surface area contributed by atoms with Gasteiger partial charge in [0.25, 0.3) is 0 Å². The molecule has 0 spiro atoms. The van der Waals surface area contributed by atoms with Gasteiger partial charge in [-0.15, -0.1) is 11.3 Å². The van der Waals surface area contributed by atoms with Crippen LogP contribution in [-0.4, -0.2) is 20.1 Å². The van der Waals surface area contributed by atoms with Gasteiger partial charge in [0.2, 0.25) is 10.0 Å². The summed E-state index contributed by atoms with van der Waals surface area (Å²) < 4.78 is 32.5. The molecule has 0 saturated carbocycles. The molecule has 0 radical (unpaired) electrons. The van der Waals surface area contributed by atoms with Gasteiger partial charge in [-0.1, -0.05) is 36.4 Å². The highest BCUT2D eigenvalue weighted by atomic mass is 32.2. The molecule has 0 aliphatic rings. The highest BCUT2D eigenvalue weighted by Gasteiger charge is 2.36. The van der Waals surface area contributed by atoms with E-state index in [9.17, 15) is 13.5 Å². The first-order chi connectivity index (χ1) is 11.5. The zero-order valence-electron chi connectivity index (χ0n) is 12.8. The van der Waals surface area contributed by atoms with Crippen LogP contribution >= 0.6 is 11.3 Å². The standard InChI is InChI=1S/C17H17NO4S2/c19-17(15-8-4-10-22-15,16-9-5-11-23-16)13-18-24(20,21)12-14-6-2-1-3-7-14/h1-11,18-19H,12-13H2. The minimum absolute atomic E-state index is 0.146. The molecule has 3 rings (SSSR count). The van der Waals surface area contributed by atoms with Crippen molar-refractivity contribution in [2.24, 2.45) is 0 Å². The lowest BCUT2D eigenvalue weighted by Gasteiger charge is -2.25. The zero-order valence-corrected chi connectivity index (χ0v) is 14.4. The first kappa shape index (κ1) is 16.9. The lowest BCUT2D eigenvalue weighted by atomic mass is 9.99. The Morgan fingerprint density at radius 3 is 2.50 bits per heavy atom. The van der Waals surface area contributed by atoms with Crippen molar-refractivity contribution in [3.63, 3.8) is 0 Å². The van der Waals surface area contributed by atoms with Crippen LogP contribution in [0.1, 0.15) is 16.2 Å². The van der Waals surface area contributed by atoms with Crippen LogP contribution in [0.3, 0.4) is 0 Å². The largest absolute Gasteiger partial charge is 0.466 e. The second-order valence-electron chi connectivity index (χ2n) is 5.38. The molecule has 3 aromatic rings. The number of benzene rings is 1. The SMILES string of the molecule is O=S(=O)(Cc1ccccc1)NCC(O)(c1ccco1)c1cccs1. The molecule has 7 heteroatoms. The van der Waals surface area contributed by atoms with Crippen LogP contribution < -0.4 is 4.72 Å². The zero-order chi connectivity index (χ0) is 17.0. The number of nitrogens with one attached hydrogen (secondary N) is 1. The maximum absolute atomic E-state index is 12.3. The van der Waals surface area contributed by atoms with Gasteiger partial charge in [0.15, 0.2) is 5.60 Å². The molecule has 0 bridgehead atoms. The molecule has 0 aliphatic carbocycles. The molecule has 1 unspecified atom stereocenters. The van der Waals surface area contributed by atoms with Gasteiger partial charge < -0.3 is 9.52 Å². The quantitative estimate of drug-likeness (QED) is 0.676. The van der Waals surface area contributed by atoms with Crippen LogP contribution in [0.5, 0.6) is 0 Å². The van der Waals surface area contributed by atoms with Gasteiger partial charge in [-0.3, -0.25) is 0 Å². The fourth-order valence-electron chi connectivity index (χ4n) is 2.38. The lowest BCUT2D eigenvalue weighted by molar-refractivity contribution is 0.0655. The van der Waals surface area contributed by atoms with E-state index in [1.54, 1.807) is 48.5 Å². The Hall–Kier alpha value is -1.93. The predicted molar refractivity (Wildman–Crippen MR) is 93.1 cm³/mol. The third kappa shape index (κ3) is 3.76. The Morgan fingerprint density at radius 2 is 1.88 bits per heavy atom. The van der Waals surface area contributed by atoms with E-state index >= 15 is 0 Å². The molecular weight excluding hydrogens is 346 g/mol. The van der Waals surface area contributed by atoms with Crippen molar-refractivity contribution >= 4 is 21.4 Å². The number of hydrogen-bond donors (Lipinski definition) is 2. The molecule has 0 fully saturated rings. The van der Waals surface area contributed by atoms with Crippen molar-refractivity contribution in [3.05, 3.63) is 82.4 Å². The van der Waals surface area contributed by atoms with E-state index in [4.69, 9.17) is 4.42 Å². The summed E-state index contributed by atoms with van der Waals surface area (Å²) in [6.45, 7) is -0.198. The van der Waals surface area contributed by atoms with E-state index < -0.39 is 15.6 Å². The van der Waals surface area contributed by atoms with Crippen molar-refractivity contribution in [3.8, 4) is 0 Å². The maximum Gasteiger partial charge on any atom is 0.215 e. The molecule has 1 aromatic carbocycles. The van der Waals surface area contributed by atoms with Gasteiger partial charge in [0, 0.05) is 4.88 Å². The van der Waals surface area contributed by atoms with Crippen molar-refractivity contribution in [1.82, 2.24) is 4.72 Å². The summed E-state index contributed by atoms with van der Waals surface area (Å²) in [5.74, 6) is 0.152. The number of rotatable bonds is 7. The monoisotopic (exact) mass is 363 g/mol. The Balaban J connectivity index is 1.79. The van der Waals surface area contributed by atoms with E-state index in [-0.39, 0.29) is 12.3 Å². The van der Waals surface area contributed by atoms with Crippen LogP contribution in [0.25, 0.3) is 0 Å². The number of furan rings is 1. The lowest BCUT2D eigenvalue weighted by Crippen LogP contribution is -2.41. The van der Waals surface area contributed by atoms with Crippen LogP contribution in [0.4, 0.5) is 0 Å². The summed E-state index contributed by atoms with van der Waals surface area (Å²) in [5, 5.41) is 12.9. The number of hydrogen-bond acceptors (Lipinski definition) is 5. The summed E-state index contributed by atoms with van der Waals surface area (Å²) in [5.41, 5.74) is -0.857. The molecule has 2 heterocycles. The smallest absolute Gasteiger partial charge is 0.215 e.